The molecule has 1 unspecified atom stereocenters. The standard InChI is InChI=1S/C20H32N4O2/c1-16(2)23-19(25)9-5-10-20(26)24(15-17-7-3-4-13-22-17)18-8-6-12-21-14-11-18/h3-4,7,13,16,18,21H,5-6,8-12,14-15H2,1-2H3,(H,23,25). The molecule has 2 N–H and O–H groups in total. The third kappa shape index (κ3) is 7.12. The van der Waals surface area contributed by atoms with Crippen LogP contribution >= 0.6 is 0 Å². The molecule has 6 heteroatoms. The number of aromatic nitrogens is 1. The first kappa shape index (κ1) is 20.4. The van der Waals surface area contributed by atoms with E-state index in [1.54, 1.807) is 6.20 Å². The van der Waals surface area contributed by atoms with Gasteiger partial charge in [-0.1, -0.05) is 6.07 Å². The zero-order chi connectivity index (χ0) is 18.8. The molecule has 26 heavy (non-hydrogen) atoms. The minimum absolute atomic E-state index is 0.0164. The van der Waals surface area contributed by atoms with Crippen molar-refractivity contribution in [3.05, 3.63) is 30.1 Å². The van der Waals surface area contributed by atoms with E-state index in [1.165, 1.54) is 0 Å². The van der Waals surface area contributed by atoms with Gasteiger partial charge in [0.05, 0.1) is 12.2 Å². The van der Waals surface area contributed by atoms with Crippen LogP contribution in [0.15, 0.2) is 24.4 Å². The molecule has 1 aliphatic rings. The molecule has 1 atom stereocenters. The second kappa shape index (κ2) is 10.9. The Morgan fingerprint density at radius 1 is 1.27 bits per heavy atom. The molecule has 1 saturated heterocycles. The molecule has 2 heterocycles. The highest BCUT2D eigenvalue weighted by atomic mass is 16.2. The fraction of sp³-hybridized carbons (Fsp3) is 0.650. The largest absolute Gasteiger partial charge is 0.354 e. The summed E-state index contributed by atoms with van der Waals surface area (Å²) in [7, 11) is 0. The molecule has 6 nitrogen and oxygen atoms in total. The maximum atomic E-state index is 12.9. The van der Waals surface area contributed by atoms with E-state index in [-0.39, 0.29) is 23.9 Å². The van der Waals surface area contributed by atoms with Crippen molar-refractivity contribution < 1.29 is 9.59 Å². The monoisotopic (exact) mass is 360 g/mol. The van der Waals surface area contributed by atoms with Crippen LogP contribution < -0.4 is 10.6 Å². The second-order valence-electron chi connectivity index (χ2n) is 7.25. The predicted molar refractivity (Wildman–Crippen MR) is 102 cm³/mol. The van der Waals surface area contributed by atoms with Crippen molar-refractivity contribution >= 4 is 11.8 Å². The Bertz CT molecular complexity index is 554. The molecule has 0 aliphatic carbocycles. The number of rotatable bonds is 8. The lowest BCUT2D eigenvalue weighted by Crippen LogP contribution is -2.40. The van der Waals surface area contributed by atoms with Crippen molar-refractivity contribution in [2.75, 3.05) is 13.1 Å². The van der Waals surface area contributed by atoms with Gasteiger partial charge in [0.15, 0.2) is 0 Å². The summed E-state index contributed by atoms with van der Waals surface area (Å²) in [6, 6.07) is 6.18. The Morgan fingerprint density at radius 2 is 2.12 bits per heavy atom. The number of hydrogen-bond acceptors (Lipinski definition) is 4. The van der Waals surface area contributed by atoms with Gasteiger partial charge in [0, 0.05) is 31.1 Å². The summed E-state index contributed by atoms with van der Waals surface area (Å²) in [6.07, 6.45) is 6.21. The summed E-state index contributed by atoms with van der Waals surface area (Å²) < 4.78 is 0. The van der Waals surface area contributed by atoms with Gasteiger partial charge in [-0.3, -0.25) is 14.6 Å². The van der Waals surface area contributed by atoms with Gasteiger partial charge in [-0.15, -0.1) is 0 Å². The van der Waals surface area contributed by atoms with Gasteiger partial charge in [-0.2, -0.15) is 0 Å². The van der Waals surface area contributed by atoms with Crippen molar-refractivity contribution in [3.63, 3.8) is 0 Å². The van der Waals surface area contributed by atoms with E-state index in [9.17, 15) is 9.59 Å². The summed E-state index contributed by atoms with van der Waals surface area (Å²) in [5, 5.41) is 6.28. The fourth-order valence-electron chi connectivity index (χ4n) is 3.34. The summed E-state index contributed by atoms with van der Waals surface area (Å²) in [6.45, 7) is 6.38. The molecule has 0 radical (unpaired) electrons. The van der Waals surface area contributed by atoms with Crippen LogP contribution in [0.1, 0.15) is 58.1 Å². The minimum atomic E-state index is 0.0164. The van der Waals surface area contributed by atoms with Crippen LogP contribution in [-0.2, 0) is 16.1 Å². The quantitative estimate of drug-likeness (QED) is 0.746. The molecular formula is C20H32N4O2. The smallest absolute Gasteiger partial charge is 0.223 e. The van der Waals surface area contributed by atoms with Crippen LogP contribution in [0, 0.1) is 0 Å². The van der Waals surface area contributed by atoms with Gasteiger partial charge in [0.1, 0.15) is 0 Å². The molecular weight excluding hydrogens is 328 g/mol. The van der Waals surface area contributed by atoms with Crippen LogP contribution in [0.3, 0.4) is 0 Å². The summed E-state index contributed by atoms with van der Waals surface area (Å²) in [5.41, 5.74) is 0.913. The van der Waals surface area contributed by atoms with Crippen molar-refractivity contribution in [2.24, 2.45) is 0 Å². The number of carbonyl (C=O) groups is 2. The van der Waals surface area contributed by atoms with Gasteiger partial charge in [-0.05, 0) is 64.8 Å². The minimum Gasteiger partial charge on any atom is -0.354 e. The molecule has 0 saturated carbocycles. The topological polar surface area (TPSA) is 74.3 Å². The van der Waals surface area contributed by atoms with Crippen LogP contribution in [0.25, 0.3) is 0 Å². The van der Waals surface area contributed by atoms with Crippen LogP contribution in [0.4, 0.5) is 0 Å². The van der Waals surface area contributed by atoms with Crippen molar-refractivity contribution in [1.82, 2.24) is 20.5 Å². The average molecular weight is 361 g/mol. The van der Waals surface area contributed by atoms with Gasteiger partial charge >= 0.3 is 0 Å². The first-order valence-electron chi connectivity index (χ1n) is 9.75. The van der Waals surface area contributed by atoms with Crippen molar-refractivity contribution in [1.29, 1.82) is 0 Å². The Balaban J connectivity index is 1.95. The molecule has 1 aliphatic heterocycles. The Kier molecular flexibility index (Phi) is 8.54. The molecule has 2 rings (SSSR count). The van der Waals surface area contributed by atoms with Crippen LogP contribution in [0.2, 0.25) is 0 Å². The van der Waals surface area contributed by atoms with E-state index < -0.39 is 0 Å². The van der Waals surface area contributed by atoms with E-state index in [2.05, 4.69) is 15.6 Å². The molecule has 0 bridgehead atoms. The zero-order valence-electron chi connectivity index (χ0n) is 16.0. The molecule has 1 fully saturated rings. The Morgan fingerprint density at radius 3 is 2.85 bits per heavy atom. The first-order valence-corrected chi connectivity index (χ1v) is 9.75. The lowest BCUT2D eigenvalue weighted by molar-refractivity contribution is -0.134. The van der Waals surface area contributed by atoms with E-state index >= 15 is 0 Å². The zero-order valence-corrected chi connectivity index (χ0v) is 16.0. The second-order valence-corrected chi connectivity index (χ2v) is 7.25. The number of carbonyl (C=O) groups excluding carboxylic acids is 2. The maximum absolute atomic E-state index is 12.9. The molecule has 1 aromatic heterocycles. The highest BCUT2D eigenvalue weighted by Gasteiger charge is 2.25. The summed E-state index contributed by atoms with van der Waals surface area (Å²) >= 11 is 0. The Labute approximate surface area is 156 Å². The van der Waals surface area contributed by atoms with Crippen LogP contribution in [0.5, 0.6) is 0 Å². The summed E-state index contributed by atoms with van der Waals surface area (Å²) in [4.78, 5) is 31.1. The Hall–Kier alpha value is -1.95. The molecule has 2 amide bonds. The van der Waals surface area contributed by atoms with E-state index in [1.807, 2.05) is 36.9 Å². The van der Waals surface area contributed by atoms with Gasteiger partial charge in [0.25, 0.3) is 0 Å². The molecule has 0 aromatic carbocycles. The number of pyridine rings is 1. The van der Waals surface area contributed by atoms with E-state index in [0.717, 1.165) is 38.0 Å². The summed E-state index contributed by atoms with van der Waals surface area (Å²) in [5.74, 6) is 0.141. The fourth-order valence-corrected chi connectivity index (χ4v) is 3.34. The number of nitrogens with one attached hydrogen (secondary N) is 2. The van der Waals surface area contributed by atoms with E-state index in [4.69, 9.17) is 0 Å². The number of amides is 2. The first-order chi connectivity index (χ1) is 12.6. The lowest BCUT2D eigenvalue weighted by atomic mass is 10.1. The average Bonchev–Trinajstić information content (AvgIpc) is 2.89. The molecule has 1 aromatic rings. The number of nitrogens with zero attached hydrogens (tertiary/aromatic N) is 2. The SMILES string of the molecule is CC(C)NC(=O)CCCC(=O)N(Cc1ccccn1)C1CCCNCC1. The molecule has 0 spiro atoms. The lowest BCUT2D eigenvalue weighted by Gasteiger charge is -2.31. The number of hydrogen-bond donors (Lipinski definition) is 2. The van der Waals surface area contributed by atoms with Gasteiger partial charge in [-0.25, -0.2) is 0 Å². The highest BCUT2D eigenvalue weighted by Crippen LogP contribution is 2.18. The third-order valence-electron chi connectivity index (χ3n) is 4.61. The van der Waals surface area contributed by atoms with Crippen molar-refractivity contribution in [2.45, 2.75) is 71.0 Å². The van der Waals surface area contributed by atoms with Gasteiger partial charge in [0.2, 0.25) is 11.8 Å². The predicted octanol–water partition coefficient (Wildman–Crippen LogP) is 2.25. The maximum Gasteiger partial charge on any atom is 0.223 e. The normalized spacial score (nSPS) is 17.6. The van der Waals surface area contributed by atoms with Crippen molar-refractivity contribution in [3.8, 4) is 0 Å². The third-order valence-corrected chi connectivity index (χ3v) is 4.61. The van der Waals surface area contributed by atoms with Crippen LogP contribution in [-0.4, -0.2) is 46.9 Å². The molecule has 144 valence electrons. The van der Waals surface area contributed by atoms with E-state index in [0.29, 0.717) is 25.8 Å². The highest BCUT2D eigenvalue weighted by molar-refractivity contribution is 5.79. The van der Waals surface area contributed by atoms with Gasteiger partial charge < -0.3 is 15.5 Å².